The first-order valence-electron chi connectivity index (χ1n) is 11.5. The second kappa shape index (κ2) is 9.30. The van der Waals surface area contributed by atoms with Crippen LogP contribution in [0.15, 0.2) is 54.0 Å². The molecule has 4 aromatic rings. The molecule has 0 fully saturated rings. The molecule has 7 nitrogen and oxygen atoms in total. The van der Waals surface area contributed by atoms with Crippen LogP contribution in [0.5, 0.6) is 0 Å². The fraction of sp³-hybridized carbons (Fsp3) is 0.269. The molecular weight excluding hydrogens is 446 g/mol. The van der Waals surface area contributed by atoms with Crippen molar-refractivity contribution in [1.29, 1.82) is 0 Å². The van der Waals surface area contributed by atoms with Gasteiger partial charge in [-0.1, -0.05) is 24.3 Å². The monoisotopic (exact) mass is 473 g/mol. The van der Waals surface area contributed by atoms with Crippen molar-refractivity contribution in [3.63, 3.8) is 0 Å². The van der Waals surface area contributed by atoms with Gasteiger partial charge < -0.3 is 20.5 Å². The number of amides is 2. The topological polar surface area (TPSA) is 90.1 Å². The van der Waals surface area contributed by atoms with Gasteiger partial charge in [0.2, 0.25) is 5.91 Å². The Hall–Kier alpha value is -3.65. The number of carbonyl (C=O) groups excluding carboxylic acids is 2. The average molecular weight is 474 g/mol. The molecule has 1 aliphatic heterocycles. The highest BCUT2D eigenvalue weighted by atomic mass is 32.1. The lowest BCUT2D eigenvalue weighted by atomic mass is 9.95. The quantitative estimate of drug-likeness (QED) is 0.374. The van der Waals surface area contributed by atoms with Gasteiger partial charge in [0.1, 0.15) is 0 Å². The van der Waals surface area contributed by atoms with Gasteiger partial charge in [-0.2, -0.15) is 0 Å². The van der Waals surface area contributed by atoms with E-state index in [1.807, 2.05) is 61.8 Å². The Morgan fingerprint density at radius 2 is 2.03 bits per heavy atom. The molecule has 0 spiro atoms. The van der Waals surface area contributed by atoms with Gasteiger partial charge in [-0.05, 0) is 50.5 Å². The number of carbonyl (C=O) groups is 2. The number of benzene rings is 2. The molecule has 8 heteroatoms. The molecule has 2 aromatic heterocycles. The third-order valence-electron chi connectivity index (χ3n) is 5.96. The highest BCUT2D eigenvalue weighted by molar-refractivity contribution is 7.14. The Balaban J connectivity index is 1.30. The summed E-state index contributed by atoms with van der Waals surface area (Å²) in [5, 5.41) is 9.57. The predicted octanol–water partition coefficient (Wildman–Crippen LogP) is 4.82. The molecule has 0 bridgehead atoms. The summed E-state index contributed by atoms with van der Waals surface area (Å²) in [6, 6.07) is 13.9. The molecule has 0 unspecified atom stereocenters. The lowest BCUT2D eigenvalue weighted by Crippen LogP contribution is -2.38. The molecule has 0 saturated heterocycles. The smallest absolute Gasteiger partial charge is 0.251 e. The SMILES string of the molecule is CC(C)NC(=O)c1cccc2c1CCCN2CC(=O)Nc1nc(-c2c[nH]c3ccccc23)cs1. The molecule has 0 aliphatic carbocycles. The molecular formula is C26H27N5O2S. The highest BCUT2D eigenvalue weighted by Crippen LogP contribution is 2.32. The minimum atomic E-state index is -0.121. The molecule has 34 heavy (non-hydrogen) atoms. The number of aromatic nitrogens is 2. The van der Waals surface area contributed by atoms with Crippen LogP contribution in [0.25, 0.3) is 22.2 Å². The highest BCUT2D eigenvalue weighted by Gasteiger charge is 2.24. The molecule has 174 valence electrons. The maximum Gasteiger partial charge on any atom is 0.251 e. The van der Waals surface area contributed by atoms with Crippen molar-refractivity contribution in [2.75, 3.05) is 23.3 Å². The minimum Gasteiger partial charge on any atom is -0.362 e. The number of rotatable bonds is 6. The second-order valence-electron chi connectivity index (χ2n) is 8.79. The van der Waals surface area contributed by atoms with Gasteiger partial charge in [0, 0.05) is 51.9 Å². The molecule has 2 amide bonds. The number of H-pyrrole nitrogens is 1. The van der Waals surface area contributed by atoms with Crippen LogP contribution in [0.2, 0.25) is 0 Å². The number of anilines is 2. The summed E-state index contributed by atoms with van der Waals surface area (Å²) in [6.07, 6.45) is 3.67. The molecule has 3 N–H and O–H groups in total. The van der Waals surface area contributed by atoms with Crippen LogP contribution in [-0.4, -0.2) is 40.9 Å². The number of para-hydroxylation sites is 1. The van der Waals surface area contributed by atoms with Crippen molar-refractivity contribution in [1.82, 2.24) is 15.3 Å². The molecule has 3 heterocycles. The third kappa shape index (κ3) is 4.41. The van der Waals surface area contributed by atoms with E-state index in [0.29, 0.717) is 10.7 Å². The van der Waals surface area contributed by atoms with Gasteiger partial charge in [0.05, 0.1) is 12.2 Å². The second-order valence-corrected chi connectivity index (χ2v) is 9.65. The van der Waals surface area contributed by atoms with E-state index in [2.05, 4.69) is 31.6 Å². The van der Waals surface area contributed by atoms with Crippen LogP contribution in [0, 0.1) is 0 Å². The lowest BCUT2D eigenvalue weighted by molar-refractivity contribution is -0.115. The van der Waals surface area contributed by atoms with Gasteiger partial charge >= 0.3 is 0 Å². The van der Waals surface area contributed by atoms with Crippen LogP contribution in [0.1, 0.15) is 36.2 Å². The van der Waals surface area contributed by atoms with Crippen LogP contribution >= 0.6 is 11.3 Å². The van der Waals surface area contributed by atoms with Gasteiger partial charge in [-0.15, -0.1) is 11.3 Å². The Bertz CT molecular complexity index is 1360. The largest absolute Gasteiger partial charge is 0.362 e. The normalized spacial score (nSPS) is 13.2. The average Bonchev–Trinajstić information content (AvgIpc) is 3.45. The number of thiazole rings is 1. The number of nitrogens with one attached hydrogen (secondary N) is 3. The number of hydrogen-bond acceptors (Lipinski definition) is 5. The van der Waals surface area contributed by atoms with Crippen molar-refractivity contribution in [2.24, 2.45) is 0 Å². The minimum absolute atomic E-state index is 0.0641. The van der Waals surface area contributed by atoms with E-state index in [-0.39, 0.29) is 24.4 Å². The summed E-state index contributed by atoms with van der Waals surface area (Å²) in [6.45, 7) is 4.89. The van der Waals surface area contributed by atoms with Gasteiger partial charge in [-0.25, -0.2) is 4.98 Å². The van der Waals surface area contributed by atoms with Gasteiger partial charge in [-0.3, -0.25) is 9.59 Å². The van der Waals surface area contributed by atoms with Crippen molar-refractivity contribution in [3.8, 4) is 11.3 Å². The van der Waals surface area contributed by atoms with E-state index in [1.165, 1.54) is 11.3 Å². The lowest BCUT2D eigenvalue weighted by Gasteiger charge is -2.31. The standard InChI is InChI=1S/C26H27N5O2S/c1-16(2)28-25(33)19-8-5-11-23-18(19)9-6-12-31(23)14-24(32)30-26-29-22(15-34-26)20-13-27-21-10-4-3-7-17(20)21/h3-5,7-8,10-11,13,15-16,27H,6,9,12,14H2,1-2H3,(H,28,33)(H,29,30,32). The zero-order valence-corrected chi connectivity index (χ0v) is 20.0. The Kier molecular flexibility index (Phi) is 6.06. The van der Waals surface area contributed by atoms with E-state index in [9.17, 15) is 9.59 Å². The fourth-order valence-electron chi connectivity index (χ4n) is 4.49. The third-order valence-corrected chi connectivity index (χ3v) is 6.72. The van der Waals surface area contributed by atoms with E-state index in [4.69, 9.17) is 0 Å². The molecule has 2 aromatic carbocycles. The number of nitrogens with zero attached hydrogens (tertiary/aromatic N) is 2. The van der Waals surface area contributed by atoms with Gasteiger partial charge in [0.25, 0.3) is 5.91 Å². The Morgan fingerprint density at radius 1 is 1.18 bits per heavy atom. The summed E-state index contributed by atoms with van der Waals surface area (Å²) >= 11 is 1.42. The molecule has 5 rings (SSSR count). The van der Waals surface area contributed by atoms with Crippen LogP contribution in [-0.2, 0) is 11.2 Å². The van der Waals surface area contributed by atoms with Crippen molar-refractivity contribution in [3.05, 3.63) is 65.2 Å². The first-order chi connectivity index (χ1) is 16.5. The Labute approximate surface area is 202 Å². The van der Waals surface area contributed by atoms with Crippen molar-refractivity contribution >= 4 is 44.9 Å². The zero-order chi connectivity index (χ0) is 23.7. The fourth-order valence-corrected chi connectivity index (χ4v) is 5.21. The zero-order valence-electron chi connectivity index (χ0n) is 19.2. The summed E-state index contributed by atoms with van der Waals surface area (Å²) in [5.74, 6) is -0.185. The number of fused-ring (bicyclic) bond motifs is 2. The maximum absolute atomic E-state index is 12.9. The summed E-state index contributed by atoms with van der Waals surface area (Å²) in [4.78, 5) is 35.5. The summed E-state index contributed by atoms with van der Waals surface area (Å²) in [7, 11) is 0. The summed E-state index contributed by atoms with van der Waals surface area (Å²) in [5.41, 5.74) is 5.57. The number of aromatic amines is 1. The van der Waals surface area contributed by atoms with Crippen LogP contribution < -0.4 is 15.5 Å². The Morgan fingerprint density at radius 3 is 2.88 bits per heavy atom. The van der Waals surface area contributed by atoms with E-state index < -0.39 is 0 Å². The summed E-state index contributed by atoms with van der Waals surface area (Å²) < 4.78 is 0. The predicted molar refractivity (Wildman–Crippen MR) is 138 cm³/mol. The van der Waals surface area contributed by atoms with Crippen molar-refractivity contribution < 1.29 is 9.59 Å². The van der Waals surface area contributed by atoms with Crippen molar-refractivity contribution in [2.45, 2.75) is 32.7 Å². The van der Waals surface area contributed by atoms with E-state index in [1.54, 1.807) is 0 Å². The number of hydrogen-bond donors (Lipinski definition) is 3. The van der Waals surface area contributed by atoms with E-state index in [0.717, 1.165) is 52.8 Å². The van der Waals surface area contributed by atoms with E-state index >= 15 is 0 Å². The molecule has 0 radical (unpaired) electrons. The first kappa shape index (κ1) is 22.2. The van der Waals surface area contributed by atoms with Crippen LogP contribution in [0.4, 0.5) is 10.8 Å². The molecule has 0 saturated carbocycles. The first-order valence-corrected chi connectivity index (χ1v) is 12.4. The van der Waals surface area contributed by atoms with Crippen LogP contribution in [0.3, 0.4) is 0 Å². The molecule has 1 aliphatic rings. The molecule has 0 atom stereocenters. The van der Waals surface area contributed by atoms with Gasteiger partial charge in [0.15, 0.2) is 5.13 Å². The maximum atomic E-state index is 12.9.